The van der Waals surface area contributed by atoms with Crippen LogP contribution in [-0.2, 0) is 6.54 Å². The minimum Gasteiger partial charge on any atom is -0.354 e. The van der Waals surface area contributed by atoms with Crippen LogP contribution < -0.4 is 10.2 Å². The minimum absolute atomic E-state index is 0.00793. The van der Waals surface area contributed by atoms with E-state index in [9.17, 15) is 4.39 Å². The Morgan fingerprint density at radius 1 is 1.33 bits per heavy atom. The number of anilines is 1. The SMILES string of the molecule is CCN(c1ncc(F)cc1CNC(C)(C)C)C1CCCC1. The smallest absolute Gasteiger partial charge is 0.141 e. The van der Waals surface area contributed by atoms with Gasteiger partial charge in [0.15, 0.2) is 0 Å². The Kier molecular flexibility index (Phi) is 5.20. The van der Waals surface area contributed by atoms with Crippen molar-refractivity contribution < 1.29 is 4.39 Å². The lowest BCUT2D eigenvalue weighted by molar-refractivity contribution is 0.422. The fourth-order valence-electron chi connectivity index (χ4n) is 3.02. The molecule has 0 aromatic carbocycles. The van der Waals surface area contributed by atoms with Gasteiger partial charge in [-0.1, -0.05) is 12.8 Å². The molecule has 1 N–H and O–H groups in total. The second-order valence-electron chi connectivity index (χ2n) is 6.96. The Hall–Kier alpha value is -1.16. The Balaban J connectivity index is 2.23. The maximum absolute atomic E-state index is 13.6. The van der Waals surface area contributed by atoms with Gasteiger partial charge in [0.25, 0.3) is 0 Å². The van der Waals surface area contributed by atoms with Crippen LogP contribution in [0.5, 0.6) is 0 Å². The molecule has 1 saturated carbocycles. The first-order chi connectivity index (χ1) is 9.90. The average Bonchev–Trinajstić information content (AvgIpc) is 2.92. The number of hydrogen-bond donors (Lipinski definition) is 1. The van der Waals surface area contributed by atoms with E-state index in [0.717, 1.165) is 17.9 Å². The number of nitrogens with zero attached hydrogens (tertiary/aromatic N) is 2. The Labute approximate surface area is 127 Å². The van der Waals surface area contributed by atoms with Crippen molar-refractivity contribution >= 4 is 5.82 Å². The molecular formula is C17H28FN3. The quantitative estimate of drug-likeness (QED) is 0.893. The zero-order valence-corrected chi connectivity index (χ0v) is 13.7. The highest BCUT2D eigenvalue weighted by molar-refractivity contribution is 5.48. The van der Waals surface area contributed by atoms with Crippen LogP contribution in [0.1, 0.15) is 58.9 Å². The van der Waals surface area contributed by atoms with E-state index in [1.54, 1.807) is 6.07 Å². The number of hydrogen-bond acceptors (Lipinski definition) is 3. The molecule has 21 heavy (non-hydrogen) atoms. The van der Waals surface area contributed by atoms with Crippen LogP contribution in [0.2, 0.25) is 0 Å². The molecule has 4 heteroatoms. The van der Waals surface area contributed by atoms with E-state index in [0.29, 0.717) is 12.6 Å². The van der Waals surface area contributed by atoms with Crippen molar-refractivity contribution in [3.05, 3.63) is 23.6 Å². The standard InChI is InChI=1S/C17H28FN3/c1-5-21(15-8-6-7-9-15)16-13(10-14(18)12-19-16)11-20-17(2,3)4/h10,12,15,20H,5-9,11H2,1-4H3. The first-order valence-electron chi connectivity index (χ1n) is 8.07. The van der Waals surface area contributed by atoms with E-state index < -0.39 is 0 Å². The second kappa shape index (κ2) is 6.73. The van der Waals surface area contributed by atoms with Crippen molar-refractivity contribution in [2.45, 2.75) is 71.5 Å². The molecule has 3 nitrogen and oxygen atoms in total. The summed E-state index contributed by atoms with van der Waals surface area (Å²) in [5.74, 6) is 0.689. The third-order valence-electron chi connectivity index (χ3n) is 4.10. The van der Waals surface area contributed by atoms with Crippen molar-refractivity contribution in [3.63, 3.8) is 0 Å². The van der Waals surface area contributed by atoms with Gasteiger partial charge in [0.05, 0.1) is 6.20 Å². The summed E-state index contributed by atoms with van der Waals surface area (Å²) in [5, 5.41) is 3.44. The molecule has 0 spiro atoms. The van der Waals surface area contributed by atoms with E-state index in [4.69, 9.17) is 0 Å². The summed E-state index contributed by atoms with van der Waals surface area (Å²) in [6.45, 7) is 10.1. The molecule has 1 aliphatic rings. The molecule has 0 amide bonds. The summed E-state index contributed by atoms with van der Waals surface area (Å²) in [4.78, 5) is 6.76. The van der Waals surface area contributed by atoms with E-state index >= 15 is 0 Å². The van der Waals surface area contributed by atoms with Gasteiger partial charge in [-0.25, -0.2) is 9.37 Å². The molecule has 118 valence electrons. The van der Waals surface area contributed by atoms with Crippen molar-refractivity contribution in [2.75, 3.05) is 11.4 Å². The summed E-state index contributed by atoms with van der Waals surface area (Å²) >= 11 is 0. The molecule has 0 aliphatic heterocycles. The molecule has 0 saturated heterocycles. The third kappa shape index (κ3) is 4.40. The zero-order chi connectivity index (χ0) is 15.5. The number of aromatic nitrogens is 1. The molecule has 1 heterocycles. The topological polar surface area (TPSA) is 28.2 Å². The Bertz CT molecular complexity index is 462. The second-order valence-corrected chi connectivity index (χ2v) is 6.96. The maximum Gasteiger partial charge on any atom is 0.141 e. The number of nitrogens with one attached hydrogen (secondary N) is 1. The Morgan fingerprint density at radius 3 is 2.57 bits per heavy atom. The largest absolute Gasteiger partial charge is 0.354 e. The lowest BCUT2D eigenvalue weighted by atomic mass is 10.1. The molecule has 1 aromatic rings. The molecule has 0 bridgehead atoms. The molecule has 1 aliphatic carbocycles. The molecule has 1 aromatic heterocycles. The molecule has 0 radical (unpaired) electrons. The van der Waals surface area contributed by atoms with Crippen molar-refractivity contribution in [1.29, 1.82) is 0 Å². The lowest BCUT2D eigenvalue weighted by Gasteiger charge is -2.31. The maximum atomic E-state index is 13.6. The highest BCUT2D eigenvalue weighted by atomic mass is 19.1. The Morgan fingerprint density at radius 2 is 2.00 bits per heavy atom. The van der Waals surface area contributed by atoms with Crippen LogP contribution in [0.15, 0.2) is 12.3 Å². The van der Waals surface area contributed by atoms with E-state index in [-0.39, 0.29) is 11.4 Å². The van der Waals surface area contributed by atoms with E-state index in [2.05, 4.69) is 42.9 Å². The van der Waals surface area contributed by atoms with Gasteiger partial charge in [-0.3, -0.25) is 0 Å². The van der Waals surface area contributed by atoms with Gasteiger partial charge in [0.2, 0.25) is 0 Å². The first kappa shape index (κ1) is 16.2. The van der Waals surface area contributed by atoms with Crippen LogP contribution in [0.25, 0.3) is 0 Å². The highest BCUT2D eigenvalue weighted by Gasteiger charge is 2.24. The van der Waals surface area contributed by atoms with Crippen LogP contribution in [0.3, 0.4) is 0 Å². The monoisotopic (exact) mass is 293 g/mol. The van der Waals surface area contributed by atoms with Crippen LogP contribution >= 0.6 is 0 Å². The molecule has 2 rings (SSSR count). The molecule has 0 atom stereocenters. The fourth-order valence-corrected chi connectivity index (χ4v) is 3.02. The molecular weight excluding hydrogens is 265 g/mol. The van der Waals surface area contributed by atoms with Crippen LogP contribution in [0, 0.1) is 5.82 Å². The number of rotatable bonds is 5. The summed E-state index contributed by atoms with van der Waals surface area (Å²) in [7, 11) is 0. The lowest BCUT2D eigenvalue weighted by Crippen LogP contribution is -2.38. The van der Waals surface area contributed by atoms with Crippen LogP contribution in [0.4, 0.5) is 10.2 Å². The zero-order valence-electron chi connectivity index (χ0n) is 13.7. The normalized spacial score (nSPS) is 16.4. The number of halogens is 1. The summed E-state index contributed by atoms with van der Waals surface area (Å²) in [6, 6.07) is 2.18. The van der Waals surface area contributed by atoms with Gasteiger partial charge in [-0.2, -0.15) is 0 Å². The van der Waals surface area contributed by atoms with Gasteiger partial charge >= 0.3 is 0 Å². The minimum atomic E-state index is -0.257. The summed E-state index contributed by atoms with van der Waals surface area (Å²) in [5.41, 5.74) is 0.965. The van der Waals surface area contributed by atoms with Crippen molar-refractivity contribution in [1.82, 2.24) is 10.3 Å². The third-order valence-corrected chi connectivity index (χ3v) is 4.10. The van der Waals surface area contributed by atoms with Gasteiger partial charge in [-0.15, -0.1) is 0 Å². The van der Waals surface area contributed by atoms with Gasteiger partial charge in [-0.05, 0) is 46.6 Å². The van der Waals surface area contributed by atoms with Gasteiger partial charge < -0.3 is 10.2 Å². The average molecular weight is 293 g/mol. The summed E-state index contributed by atoms with van der Waals surface area (Å²) in [6.07, 6.45) is 6.36. The predicted molar refractivity (Wildman–Crippen MR) is 86.1 cm³/mol. The van der Waals surface area contributed by atoms with Gasteiger partial charge in [0, 0.05) is 30.2 Å². The molecule has 1 fully saturated rings. The van der Waals surface area contributed by atoms with E-state index in [1.165, 1.54) is 31.9 Å². The predicted octanol–water partition coefficient (Wildman–Crippen LogP) is 3.88. The van der Waals surface area contributed by atoms with Crippen molar-refractivity contribution in [2.24, 2.45) is 0 Å². The van der Waals surface area contributed by atoms with Crippen molar-refractivity contribution in [3.8, 4) is 0 Å². The number of pyridine rings is 1. The first-order valence-corrected chi connectivity index (χ1v) is 8.07. The highest BCUT2D eigenvalue weighted by Crippen LogP contribution is 2.29. The van der Waals surface area contributed by atoms with E-state index in [1.807, 2.05) is 0 Å². The summed E-state index contributed by atoms with van der Waals surface area (Å²) < 4.78 is 13.6. The van der Waals surface area contributed by atoms with Crippen LogP contribution in [-0.4, -0.2) is 23.1 Å². The fraction of sp³-hybridized carbons (Fsp3) is 0.706. The molecule has 0 unspecified atom stereocenters. The van der Waals surface area contributed by atoms with Gasteiger partial charge in [0.1, 0.15) is 11.6 Å².